The summed E-state index contributed by atoms with van der Waals surface area (Å²) >= 11 is 1.67. The van der Waals surface area contributed by atoms with Gasteiger partial charge in [-0.05, 0) is 37.6 Å². The second-order valence-electron chi connectivity index (χ2n) is 5.19. The first-order valence-electron chi connectivity index (χ1n) is 7.46. The summed E-state index contributed by atoms with van der Waals surface area (Å²) in [5.74, 6) is -0.227. The van der Waals surface area contributed by atoms with Crippen LogP contribution >= 0.6 is 11.3 Å². The SMILES string of the molecule is CCc1ccc(/C=N\NC(=O)c2cc(C)nc3ccccc23)s1. The van der Waals surface area contributed by atoms with E-state index in [0.717, 1.165) is 27.9 Å². The summed E-state index contributed by atoms with van der Waals surface area (Å²) in [6.45, 7) is 4.00. The summed E-state index contributed by atoms with van der Waals surface area (Å²) in [7, 11) is 0. The van der Waals surface area contributed by atoms with Crippen molar-refractivity contribution in [2.75, 3.05) is 0 Å². The summed E-state index contributed by atoms with van der Waals surface area (Å²) in [5.41, 5.74) is 4.81. The summed E-state index contributed by atoms with van der Waals surface area (Å²) < 4.78 is 0. The minimum Gasteiger partial charge on any atom is -0.267 e. The summed E-state index contributed by atoms with van der Waals surface area (Å²) in [6.07, 6.45) is 2.69. The Balaban J connectivity index is 1.81. The van der Waals surface area contributed by atoms with Gasteiger partial charge in [-0.1, -0.05) is 25.1 Å². The Kier molecular flexibility index (Phi) is 4.48. The molecule has 4 nitrogen and oxygen atoms in total. The molecule has 116 valence electrons. The van der Waals surface area contributed by atoms with E-state index in [1.54, 1.807) is 23.6 Å². The first-order chi connectivity index (χ1) is 11.2. The third-order valence-corrected chi connectivity index (χ3v) is 4.64. The van der Waals surface area contributed by atoms with Crippen LogP contribution in [0.5, 0.6) is 0 Å². The summed E-state index contributed by atoms with van der Waals surface area (Å²) in [5, 5.41) is 4.90. The summed E-state index contributed by atoms with van der Waals surface area (Å²) in [4.78, 5) is 19.2. The lowest BCUT2D eigenvalue weighted by Crippen LogP contribution is -2.18. The van der Waals surface area contributed by atoms with Gasteiger partial charge in [0.15, 0.2) is 0 Å². The van der Waals surface area contributed by atoms with Crippen molar-refractivity contribution in [3.05, 3.63) is 63.5 Å². The van der Waals surface area contributed by atoms with Crippen molar-refractivity contribution in [3.8, 4) is 0 Å². The minimum atomic E-state index is -0.227. The molecule has 2 heterocycles. The van der Waals surface area contributed by atoms with Crippen LogP contribution in [0, 0.1) is 6.92 Å². The number of hydrazone groups is 1. The van der Waals surface area contributed by atoms with Gasteiger partial charge in [-0.3, -0.25) is 9.78 Å². The number of amides is 1. The highest BCUT2D eigenvalue weighted by Crippen LogP contribution is 2.18. The molecule has 0 fully saturated rings. The van der Waals surface area contributed by atoms with Gasteiger partial charge >= 0.3 is 0 Å². The molecule has 0 aliphatic rings. The van der Waals surface area contributed by atoms with Gasteiger partial charge in [-0.2, -0.15) is 5.10 Å². The maximum Gasteiger partial charge on any atom is 0.272 e. The number of aryl methyl sites for hydroxylation is 2. The fraction of sp³-hybridized carbons (Fsp3) is 0.167. The molecule has 0 atom stereocenters. The number of para-hydroxylation sites is 1. The number of aromatic nitrogens is 1. The second-order valence-corrected chi connectivity index (χ2v) is 6.39. The first-order valence-corrected chi connectivity index (χ1v) is 8.27. The number of hydrogen-bond acceptors (Lipinski definition) is 4. The quantitative estimate of drug-likeness (QED) is 0.584. The van der Waals surface area contributed by atoms with Crippen LogP contribution in [0.25, 0.3) is 10.9 Å². The molecule has 0 unspecified atom stereocenters. The van der Waals surface area contributed by atoms with Gasteiger partial charge in [0.05, 0.1) is 17.3 Å². The second kappa shape index (κ2) is 6.71. The number of carbonyl (C=O) groups is 1. The van der Waals surface area contributed by atoms with Crippen LogP contribution in [0.2, 0.25) is 0 Å². The maximum atomic E-state index is 12.4. The zero-order valence-electron chi connectivity index (χ0n) is 13.0. The van der Waals surface area contributed by atoms with Crippen LogP contribution in [0.4, 0.5) is 0 Å². The molecular formula is C18H17N3OS. The summed E-state index contributed by atoms with van der Waals surface area (Å²) in [6, 6.07) is 13.5. The van der Waals surface area contributed by atoms with E-state index in [4.69, 9.17) is 0 Å². The Morgan fingerprint density at radius 3 is 2.91 bits per heavy atom. The van der Waals surface area contributed by atoms with E-state index in [-0.39, 0.29) is 5.91 Å². The average molecular weight is 323 g/mol. The highest BCUT2D eigenvalue weighted by atomic mass is 32.1. The number of thiophene rings is 1. The van der Waals surface area contributed by atoms with Gasteiger partial charge in [0.2, 0.25) is 0 Å². The van der Waals surface area contributed by atoms with E-state index in [2.05, 4.69) is 28.5 Å². The molecule has 1 N–H and O–H groups in total. The molecule has 2 aromatic heterocycles. The standard InChI is InChI=1S/C18H17N3OS/c1-3-13-8-9-14(23-13)11-19-21-18(22)16-10-12(2)20-17-7-5-4-6-15(16)17/h4-11H,3H2,1-2H3,(H,21,22)/b19-11-. The Hall–Kier alpha value is -2.53. The number of carbonyl (C=O) groups excluding carboxylic acids is 1. The van der Waals surface area contributed by atoms with Crippen LogP contribution in [0.15, 0.2) is 47.6 Å². The lowest BCUT2D eigenvalue weighted by atomic mass is 10.1. The van der Waals surface area contributed by atoms with E-state index in [9.17, 15) is 4.79 Å². The van der Waals surface area contributed by atoms with E-state index >= 15 is 0 Å². The molecule has 0 spiro atoms. The highest BCUT2D eigenvalue weighted by Gasteiger charge is 2.10. The topological polar surface area (TPSA) is 54.4 Å². The van der Waals surface area contributed by atoms with Gasteiger partial charge in [0.25, 0.3) is 5.91 Å². The van der Waals surface area contributed by atoms with Crippen LogP contribution < -0.4 is 5.43 Å². The van der Waals surface area contributed by atoms with Crippen molar-refractivity contribution in [1.29, 1.82) is 0 Å². The van der Waals surface area contributed by atoms with Gasteiger partial charge in [0.1, 0.15) is 0 Å². The van der Waals surface area contributed by atoms with Crippen LogP contribution in [0.1, 0.15) is 32.7 Å². The number of rotatable bonds is 4. The molecule has 3 rings (SSSR count). The van der Waals surface area contributed by atoms with Crippen LogP contribution in [-0.4, -0.2) is 17.1 Å². The van der Waals surface area contributed by atoms with Gasteiger partial charge in [-0.15, -0.1) is 11.3 Å². The average Bonchev–Trinajstić information content (AvgIpc) is 3.02. The van der Waals surface area contributed by atoms with E-state index in [1.807, 2.05) is 37.3 Å². The van der Waals surface area contributed by atoms with Crippen molar-refractivity contribution < 1.29 is 4.79 Å². The molecule has 0 saturated heterocycles. The molecule has 0 bridgehead atoms. The Bertz CT molecular complexity index is 883. The predicted molar refractivity (Wildman–Crippen MR) is 95.2 cm³/mol. The molecular weight excluding hydrogens is 306 g/mol. The van der Waals surface area contributed by atoms with Crippen molar-refractivity contribution in [1.82, 2.24) is 10.4 Å². The predicted octanol–water partition coefficient (Wildman–Crippen LogP) is 3.93. The lowest BCUT2D eigenvalue weighted by molar-refractivity contribution is 0.0956. The number of hydrogen-bond donors (Lipinski definition) is 1. The largest absolute Gasteiger partial charge is 0.272 e. The smallest absolute Gasteiger partial charge is 0.267 e. The molecule has 5 heteroatoms. The maximum absolute atomic E-state index is 12.4. The van der Waals surface area contributed by atoms with Gasteiger partial charge < -0.3 is 0 Å². The molecule has 0 saturated carbocycles. The third-order valence-electron chi connectivity index (χ3n) is 3.48. The fourth-order valence-corrected chi connectivity index (χ4v) is 3.19. The van der Waals surface area contributed by atoms with Crippen LogP contribution in [0.3, 0.4) is 0 Å². The molecule has 0 aliphatic heterocycles. The van der Waals surface area contributed by atoms with E-state index < -0.39 is 0 Å². The van der Waals surface area contributed by atoms with Crippen molar-refractivity contribution >= 4 is 34.4 Å². The Morgan fingerprint density at radius 2 is 2.13 bits per heavy atom. The molecule has 1 aromatic carbocycles. The number of pyridine rings is 1. The first kappa shape index (κ1) is 15.4. The lowest BCUT2D eigenvalue weighted by Gasteiger charge is -2.06. The van der Waals surface area contributed by atoms with E-state index in [1.165, 1.54) is 4.88 Å². The van der Waals surface area contributed by atoms with E-state index in [0.29, 0.717) is 5.56 Å². The molecule has 0 aliphatic carbocycles. The molecule has 3 aromatic rings. The highest BCUT2D eigenvalue weighted by molar-refractivity contribution is 7.13. The zero-order valence-corrected chi connectivity index (χ0v) is 13.9. The minimum absolute atomic E-state index is 0.227. The van der Waals surface area contributed by atoms with Gasteiger partial charge in [0, 0.05) is 20.8 Å². The van der Waals surface area contributed by atoms with Crippen molar-refractivity contribution in [3.63, 3.8) is 0 Å². The number of fused-ring (bicyclic) bond motifs is 1. The third kappa shape index (κ3) is 3.46. The zero-order chi connectivity index (χ0) is 16.2. The normalized spacial score (nSPS) is 11.2. The van der Waals surface area contributed by atoms with Crippen LogP contribution in [-0.2, 0) is 6.42 Å². The Morgan fingerprint density at radius 1 is 1.30 bits per heavy atom. The number of nitrogens with one attached hydrogen (secondary N) is 1. The fourth-order valence-electron chi connectivity index (χ4n) is 2.36. The molecule has 0 radical (unpaired) electrons. The monoisotopic (exact) mass is 323 g/mol. The van der Waals surface area contributed by atoms with Crippen molar-refractivity contribution in [2.45, 2.75) is 20.3 Å². The molecule has 1 amide bonds. The van der Waals surface area contributed by atoms with Crippen molar-refractivity contribution in [2.24, 2.45) is 5.10 Å². The molecule has 23 heavy (non-hydrogen) atoms. The number of nitrogens with zero attached hydrogens (tertiary/aromatic N) is 2. The Labute approximate surface area is 138 Å². The number of benzene rings is 1. The van der Waals surface area contributed by atoms with Gasteiger partial charge in [-0.25, -0.2) is 5.43 Å².